The molecule has 1 aromatic rings. The van der Waals surface area contributed by atoms with Crippen molar-refractivity contribution in [2.24, 2.45) is 0 Å². The zero-order valence-corrected chi connectivity index (χ0v) is 18.9. The highest BCUT2D eigenvalue weighted by Gasteiger charge is 2.56. The number of hydrogen-bond acceptors (Lipinski definition) is 10. The number of phenols is 1. The Kier molecular flexibility index (Phi) is 5.70. The molecule has 2 fully saturated rings. The summed E-state index contributed by atoms with van der Waals surface area (Å²) in [7, 11) is 2.90. The molecule has 0 radical (unpaired) electrons. The van der Waals surface area contributed by atoms with Crippen LogP contribution < -0.4 is 4.74 Å². The number of allylic oxidation sites excluding steroid dienone is 2. The molecule has 0 amide bonds. The van der Waals surface area contributed by atoms with Gasteiger partial charge >= 0.3 is 0 Å². The van der Waals surface area contributed by atoms with E-state index in [0.29, 0.717) is 30.7 Å². The number of likely N-dealkylation sites (tertiary alicyclic amines) is 1. The number of rotatable bonds is 4. The summed E-state index contributed by atoms with van der Waals surface area (Å²) in [6.45, 7) is -0.149. The van der Waals surface area contributed by atoms with E-state index < -0.39 is 48.7 Å². The Morgan fingerprint density at radius 3 is 2.59 bits per heavy atom. The van der Waals surface area contributed by atoms with Gasteiger partial charge in [-0.15, -0.1) is 0 Å². The standard InChI is InChI=1S/C24H29NO9/c1-32-15-4-3-11-7-13-12-8-14(27)16(33-2)9-24(12,18(11)19(15)28)5-6-25(13)23-22(31)21(30)20(29)17(10-26)34-23/h3-4,8-9,13,17,20-23,26,28-31H,5-7,10H2,1-2H3/t13-,17-,20-,21+,22-,23-,24+/m1/s1. The summed E-state index contributed by atoms with van der Waals surface area (Å²) in [5.41, 5.74) is 1.39. The summed E-state index contributed by atoms with van der Waals surface area (Å²) in [6, 6.07) is 3.14. The third kappa shape index (κ3) is 3.14. The SMILES string of the molecule is COC1=C[C@]23CCN([C@@H]4O[C@H](CO)[C@@H](O)[C@H](O)[C@H]4O)[C@H](Cc4ccc(OC)c(O)c42)C3=CC1=O. The maximum absolute atomic E-state index is 12.8. The topological polar surface area (TPSA) is 149 Å². The molecule has 2 aliphatic heterocycles. The van der Waals surface area contributed by atoms with Gasteiger partial charge in [-0.1, -0.05) is 6.07 Å². The van der Waals surface area contributed by atoms with Gasteiger partial charge in [-0.3, -0.25) is 9.69 Å². The molecule has 5 N–H and O–H groups in total. The van der Waals surface area contributed by atoms with Gasteiger partial charge in [0.05, 0.1) is 20.8 Å². The Balaban J connectivity index is 1.64. The van der Waals surface area contributed by atoms with Crippen LogP contribution in [0, 0.1) is 0 Å². The van der Waals surface area contributed by atoms with E-state index >= 15 is 0 Å². The van der Waals surface area contributed by atoms with E-state index in [1.165, 1.54) is 20.3 Å². The highest BCUT2D eigenvalue weighted by Crippen LogP contribution is 2.56. The average Bonchev–Trinajstić information content (AvgIpc) is 2.83. The fourth-order valence-corrected chi connectivity index (χ4v) is 6.01. The Morgan fingerprint density at radius 2 is 1.91 bits per heavy atom. The molecule has 2 saturated heterocycles. The van der Waals surface area contributed by atoms with Crippen LogP contribution in [0.25, 0.3) is 0 Å². The number of nitrogens with zero attached hydrogens (tertiary/aromatic N) is 1. The molecule has 5 rings (SSSR count). The summed E-state index contributed by atoms with van der Waals surface area (Å²) in [4.78, 5) is 14.7. The molecule has 2 aliphatic carbocycles. The number of benzene rings is 1. The fraction of sp³-hybridized carbons (Fsp3) is 0.542. The third-order valence-electron chi connectivity index (χ3n) is 7.67. The first-order valence-corrected chi connectivity index (χ1v) is 11.3. The summed E-state index contributed by atoms with van der Waals surface area (Å²) in [6.07, 6.45) is -2.37. The zero-order valence-electron chi connectivity index (χ0n) is 18.9. The summed E-state index contributed by atoms with van der Waals surface area (Å²) < 4.78 is 16.6. The van der Waals surface area contributed by atoms with Crippen LogP contribution in [0.15, 0.2) is 35.6 Å². The molecule has 10 nitrogen and oxygen atoms in total. The Morgan fingerprint density at radius 1 is 1.15 bits per heavy atom. The largest absolute Gasteiger partial charge is 0.504 e. The Labute approximate surface area is 196 Å². The van der Waals surface area contributed by atoms with E-state index in [-0.39, 0.29) is 17.3 Å². The van der Waals surface area contributed by atoms with E-state index in [4.69, 9.17) is 14.2 Å². The number of methoxy groups -OCH3 is 2. The monoisotopic (exact) mass is 475 g/mol. The second-order valence-corrected chi connectivity index (χ2v) is 9.23. The first-order valence-electron chi connectivity index (χ1n) is 11.3. The van der Waals surface area contributed by atoms with Crippen molar-refractivity contribution in [3.63, 3.8) is 0 Å². The first kappa shape index (κ1) is 23.3. The summed E-state index contributed by atoms with van der Waals surface area (Å²) in [5.74, 6) is 0.205. The zero-order chi connectivity index (χ0) is 24.4. The lowest BCUT2D eigenvalue weighted by Crippen LogP contribution is -2.68. The van der Waals surface area contributed by atoms with Crippen LogP contribution in [0.4, 0.5) is 0 Å². The molecule has 2 bridgehead atoms. The van der Waals surface area contributed by atoms with Gasteiger partial charge < -0.3 is 39.7 Å². The van der Waals surface area contributed by atoms with Crippen molar-refractivity contribution in [1.29, 1.82) is 0 Å². The third-order valence-corrected chi connectivity index (χ3v) is 7.67. The van der Waals surface area contributed by atoms with E-state index in [2.05, 4.69) is 0 Å². The van der Waals surface area contributed by atoms with Gasteiger partial charge in [0.1, 0.15) is 30.6 Å². The number of aliphatic hydroxyl groups is 4. The average molecular weight is 475 g/mol. The van der Waals surface area contributed by atoms with Gasteiger partial charge in [-0.05, 0) is 42.2 Å². The van der Waals surface area contributed by atoms with E-state index in [0.717, 1.165) is 11.1 Å². The fourth-order valence-electron chi connectivity index (χ4n) is 6.01. The van der Waals surface area contributed by atoms with E-state index in [1.807, 2.05) is 11.0 Å². The van der Waals surface area contributed by atoms with Crippen LogP contribution >= 0.6 is 0 Å². The number of fused-ring (bicyclic) bond motifs is 1. The van der Waals surface area contributed by atoms with Crippen molar-refractivity contribution in [3.8, 4) is 11.5 Å². The minimum Gasteiger partial charge on any atom is -0.504 e. The van der Waals surface area contributed by atoms with Crippen molar-refractivity contribution >= 4 is 5.78 Å². The minimum atomic E-state index is -1.51. The predicted octanol–water partition coefficient (Wildman–Crippen LogP) is -0.892. The maximum atomic E-state index is 12.8. The molecular formula is C24H29NO9. The number of ketones is 1. The molecule has 1 aromatic carbocycles. The van der Waals surface area contributed by atoms with Gasteiger partial charge in [0, 0.05) is 23.6 Å². The van der Waals surface area contributed by atoms with Gasteiger partial charge in [-0.25, -0.2) is 0 Å². The summed E-state index contributed by atoms with van der Waals surface area (Å²) in [5, 5.41) is 52.1. The predicted molar refractivity (Wildman–Crippen MR) is 117 cm³/mol. The van der Waals surface area contributed by atoms with Crippen molar-refractivity contribution in [2.45, 2.75) is 54.9 Å². The molecule has 4 aliphatic rings. The quantitative estimate of drug-likeness (QED) is 0.371. The van der Waals surface area contributed by atoms with Crippen LogP contribution in [0.5, 0.6) is 11.5 Å². The molecule has 34 heavy (non-hydrogen) atoms. The van der Waals surface area contributed by atoms with E-state index in [9.17, 15) is 30.3 Å². The second kappa shape index (κ2) is 8.33. The lowest BCUT2D eigenvalue weighted by molar-refractivity contribution is -0.271. The Hall–Kier alpha value is -2.47. The van der Waals surface area contributed by atoms with Crippen molar-refractivity contribution in [3.05, 3.63) is 46.7 Å². The normalized spacial score (nSPS) is 37.3. The van der Waals surface area contributed by atoms with E-state index in [1.54, 1.807) is 12.1 Å². The molecule has 0 spiro atoms. The number of carbonyl (C=O) groups excluding carboxylic acids is 1. The van der Waals surface area contributed by atoms with Crippen molar-refractivity contribution in [2.75, 3.05) is 27.4 Å². The van der Waals surface area contributed by atoms with Crippen molar-refractivity contribution < 1.29 is 44.5 Å². The molecule has 0 aromatic heterocycles. The molecule has 2 heterocycles. The molecular weight excluding hydrogens is 446 g/mol. The number of hydrogen-bond donors (Lipinski definition) is 5. The first-order chi connectivity index (χ1) is 16.3. The molecule has 0 unspecified atom stereocenters. The van der Waals surface area contributed by atoms with Crippen LogP contribution in [-0.4, -0.2) is 100 Å². The van der Waals surface area contributed by atoms with Gasteiger partial charge in [0.2, 0.25) is 5.78 Å². The number of phenolic OH excluding ortho intramolecular Hbond substituents is 1. The molecule has 7 atom stereocenters. The highest BCUT2D eigenvalue weighted by molar-refractivity contribution is 6.05. The smallest absolute Gasteiger partial charge is 0.220 e. The number of carbonyl (C=O) groups is 1. The summed E-state index contributed by atoms with van der Waals surface area (Å²) >= 11 is 0. The van der Waals surface area contributed by atoms with Crippen molar-refractivity contribution in [1.82, 2.24) is 4.90 Å². The molecule has 184 valence electrons. The van der Waals surface area contributed by atoms with Crippen LogP contribution in [-0.2, 0) is 26.1 Å². The van der Waals surface area contributed by atoms with Crippen LogP contribution in [0.2, 0.25) is 0 Å². The van der Waals surface area contributed by atoms with Gasteiger partial charge in [-0.2, -0.15) is 0 Å². The van der Waals surface area contributed by atoms with Gasteiger partial charge in [0.15, 0.2) is 17.3 Å². The molecule has 10 heteroatoms. The number of aliphatic hydroxyl groups excluding tert-OH is 4. The number of piperidine rings is 1. The van der Waals surface area contributed by atoms with Crippen LogP contribution in [0.3, 0.4) is 0 Å². The number of ether oxygens (including phenoxy) is 3. The lowest BCUT2D eigenvalue weighted by Gasteiger charge is -2.56. The Bertz CT molecular complexity index is 1070. The highest BCUT2D eigenvalue weighted by atomic mass is 16.6. The second-order valence-electron chi connectivity index (χ2n) is 9.23. The van der Waals surface area contributed by atoms with Gasteiger partial charge in [0.25, 0.3) is 0 Å². The molecule has 0 saturated carbocycles. The van der Waals surface area contributed by atoms with Crippen LogP contribution in [0.1, 0.15) is 17.5 Å². The minimum absolute atomic E-state index is 0.00620. The number of aromatic hydroxyl groups is 1. The lowest BCUT2D eigenvalue weighted by atomic mass is 9.58. The maximum Gasteiger partial charge on any atom is 0.220 e.